The smallest absolute Gasteiger partial charge is 0.236 e. The van der Waals surface area contributed by atoms with E-state index in [2.05, 4.69) is 77.4 Å². The molecule has 0 saturated heterocycles. The monoisotopic (exact) mass is 638 g/mol. The summed E-state index contributed by atoms with van der Waals surface area (Å²) in [6, 6.07) is 0. The summed E-state index contributed by atoms with van der Waals surface area (Å²) in [6.07, 6.45) is 14.7. The maximum Gasteiger partial charge on any atom is 0.236 e. The minimum atomic E-state index is -0.444. The Balaban J connectivity index is 0.000000259. The molecule has 6 unspecified atom stereocenters. The molecular formula is C25H41Br3N2O2. The molecule has 0 aromatic carbocycles. The number of fused-ring (bicyclic) bond motifs is 4. The van der Waals surface area contributed by atoms with Crippen LogP contribution in [0.15, 0.2) is 24.3 Å². The second-order valence-electron chi connectivity index (χ2n) is 10.2. The molecule has 0 radical (unpaired) electrons. The summed E-state index contributed by atoms with van der Waals surface area (Å²) >= 11 is 9.32. The molecule has 0 aromatic heterocycles. The third kappa shape index (κ3) is 8.99. The fraction of sp³-hybridized carbons (Fsp3) is 0.760. The molecule has 6 atom stereocenters. The Bertz CT molecular complexity index is 694. The highest BCUT2D eigenvalue weighted by atomic mass is 79.9. The maximum atomic E-state index is 11.7. The van der Waals surface area contributed by atoms with Gasteiger partial charge in [-0.25, -0.2) is 0 Å². The van der Waals surface area contributed by atoms with Gasteiger partial charge in [0.25, 0.3) is 0 Å². The lowest BCUT2D eigenvalue weighted by molar-refractivity contribution is -0.122. The Morgan fingerprint density at radius 2 is 1.31 bits per heavy atom. The SMILES string of the molecule is C.CC(C)(Br)C(=O)Br.CC(C)(Br)C(=O)NCC1CC2C=CC1C2.NCC1CC2C=CC1C2. The van der Waals surface area contributed by atoms with Crippen LogP contribution in [0, 0.1) is 35.5 Å². The molecule has 3 N–H and O–H groups in total. The number of hydrogen-bond donors (Lipinski definition) is 2. The highest BCUT2D eigenvalue weighted by Gasteiger charge is 2.36. The summed E-state index contributed by atoms with van der Waals surface area (Å²) in [7, 11) is 0. The lowest BCUT2D eigenvalue weighted by atomic mass is 9.93. The van der Waals surface area contributed by atoms with Crippen LogP contribution in [0.1, 0.15) is 60.8 Å². The van der Waals surface area contributed by atoms with Gasteiger partial charge in [0.05, 0.1) is 8.65 Å². The number of alkyl halides is 2. The maximum absolute atomic E-state index is 11.7. The second-order valence-corrected chi connectivity index (χ2v) is 14.9. The van der Waals surface area contributed by atoms with Crippen LogP contribution in [0.2, 0.25) is 0 Å². The zero-order valence-corrected chi connectivity index (χ0v) is 23.8. The number of amides is 1. The van der Waals surface area contributed by atoms with Crippen molar-refractivity contribution in [1.82, 2.24) is 5.32 Å². The molecule has 4 rings (SSSR count). The second kappa shape index (κ2) is 12.6. The summed E-state index contributed by atoms with van der Waals surface area (Å²) in [6.45, 7) is 9.05. The first kappa shape index (κ1) is 30.1. The Kier molecular flexibility index (Phi) is 11.9. The first-order valence-electron chi connectivity index (χ1n) is 11.2. The number of carbonyl (C=O) groups excluding carboxylic acids is 2. The number of nitrogens with one attached hydrogen (secondary N) is 1. The van der Waals surface area contributed by atoms with Crippen molar-refractivity contribution in [3.05, 3.63) is 24.3 Å². The minimum absolute atomic E-state index is 0. The number of halogens is 3. The number of rotatable bonds is 5. The molecule has 0 aliphatic heterocycles. The van der Waals surface area contributed by atoms with E-state index in [9.17, 15) is 9.59 Å². The third-order valence-corrected chi connectivity index (χ3v) is 8.91. The van der Waals surface area contributed by atoms with E-state index in [1.807, 2.05) is 13.8 Å². The number of hydrogen-bond acceptors (Lipinski definition) is 3. The van der Waals surface area contributed by atoms with Gasteiger partial charge in [0.1, 0.15) is 0 Å². The fourth-order valence-electron chi connectivity index (χ4n) is 4.73. The zero-order valence-electron chi connectivity index (χ0n) is 19.0. The first-order valence-corrected chi connectivity index (χ1v) is 13.6. The first-order chi connectivity index (χ1) is 14.3. The van der Waals surface area contributed by atoms with Gasteiger partial charge >= 0.3 is 0 Å². The van der Waals surface area contributed by atoms with Crippen LogP contribution in [0.25, 0.3) is 0 Å². The van der Waals surface area contributed by atoms with Gasteiger partial charge in [-0.3, -0.25) is 9.59 Å². The molecule has 4 bridgehead atoms. The van der Waals surface area contributed by atoms with E-state index in [0.717, 1.165) is 36.8 Å². The van der Waals surface area contributed by atoms with Crippen molar-refractivity contribution in [3.8, 4) is 0 Å². The largest absolute Gasteiger partial charge is 0.355 e. The Labute approximate surface area is 220 Å². The predicted molar refractivity (Wildman–Crippen MR) is 146 cm³/mol. The van der Waals surface area contributed by atoms with Crippen molar-refractivity contribution in [2.45, 2.75) is 69.5 Å². The molecule has 0 heterocycles. The van der Waals surface area contributed by atoms with E-state index >= 15 is 0 Å². The molecule has 4 aliphatic carbocycles. The van der Waals surface area contributed by atoms with Crippen molar-refractivity contribution in [2.75, 3.05) is 13.1 Å². The van der Waals surface area contributed by atoms with E-state index in [1.165, 1.54) is 25.7 Å². The van der Waals surface area contributed by atoms with Gasteiger partial charge in [-0.2, -0.15) is 0 Å². The molecule has 2 saturated carbocycles. The summed E-state index contributed by atoms with van der Waals surface area (Å²) in [5.74, 6) is 4.82. The van der Waals surface area contributed by atoms with Crippen LogP contribution in [-0.4, -0.2) is 32.3 Å². The van der Waals surface area contributed by atoms with E-state index < -0.39 is 8.65 Å². The normalized spacial score (nSPS) is 31.2. The van der Waals surface area contributed by atoms with Crippen LogP contribution in [0.4, 0.5) is 0 Å². The van der Waals surface area contributed by atoms with E-state index in [0.29, 0.717) is 11.8 Å². The Morgan fingerprint density at radius 1 is 0.875 bits per heavy atom. The van der Waals surface area contributed by atoms with Crippen molar-refractivity contribution in [2.24, 2.45) is 41.2 Å². The predicted octanol–water partition coefficient (Wildman–Crippen LogP) is 6.36. The van der Waals surface area contributed by atoms with Gasteiger partial charge < -0.3 is 11.1 Å². The quantitative estimate of drug-likeness (QED) is 0.209. The van der Waals surface area contributed by atoms with Crippen LogP contribution in [0.5, 0.6) is 0 Å². The molecule has 0 aromatic rings. The van der Waals surface area contributed by atoms with E-state index in [4.69, 9.17) is 5.73 Å². The minimum Gasteiger partial charge on any atom is -0.355 e. The Hall–Kier alpha value is 0.0200. The number of nitrogens with two attached hydrogens (primary N) is 1. The van der Waals surface area contributed by atoms with Gasteiger partial charge in [0.15, 0.2) is 0 Å². The molecule has 1 amide bonds. The van der Waals surface area contributed by atoms with Crippen molar-refractivity contribution < 1.29 is 9.59 Å². The van der Waals surface area contributed by atoms with Crippen molar-refractivity contribution >= 4 is 58.4 Å². The molecular weight excluding hydrogens is 600 g/mol. The molecule has 0 spiro atoms. The van der Waals surface area contributed by atoms with E-state index in [1.54, 1.807) is 13.8 Å². The van der Waals surface area contributed by atoms with Crippen LogP contribution < -0.4 is 11.1 Å². The summed E-state index contributed by atoms with van der Waals surface area (Å²) in [5, 5.41) is 3.03. The van der Waals surface area contributed by atoms with Gasteiger partial charge in [-0.05, 0) is 111 Å². The average Bonchev–Trinajstić information content (AvgIpc) is 3.46. The molecule has 4 nitrogen and oxygen atoms in total. The lowest BCUT2D eigenvalue weighted by Crippen LogP contribution is -2.40. The average molecular weight is 641 g/mol. The van der Waals surface area contributed by atoms with Crippen molar-refractivity contribution in [3.63, 3.8) is 0 Å². The number of carbonyl (C=O) groups is 2. The van der Waals surface area contributed by atoms with Gasteiger partial charge in [0.2, 0.25) is 10.6 Å². The number of allylic oxidation sites excluding steroid dienone is 4. The lowest BCUT2D eigenvalue weighted by Gasteiger charge is -2.21. The third-order valence-electron chi connectivity index (χ3n) is 6.67. The fourth-order valence-corrected chi connectivity index (χ4v) is 4.87. The van der Waals surface area contributed by atoms with E-state index in [-0.39, 0.29) is 18.0 Å². The zero-order chi connectivity index (χ0) is 23.4. The van der Waals surface area contributed by atoms with Gasteiger partial charge in [0, 0.05) is 6.54 Å². The molecule has 7 heteroatoms. The highest BCUT2D eigenvalue weighted by Crippen LogP contribution is 2.43. The van der Waals surface area contributed by atoms with Gasteiger partial charge in [-0.1, -0.05) is 63.6 Å². The summed E-state index contributed by atoms with van der Waals surface area (Å²) in [4.78, 5) is 22.0. The highest BCUT2D eigenvalue weighted by molar-refractivity contribution is 9.20. The summed E-state index contributed by atoms with van der Waals surface area (Å²) in [5.41, 5.74) is 5.59. The topological polar surface area (TPSA) is 72.2 Å². The van der Waals surface area contributed by atoms with Crippen LogP contribution in [0.3, 0.4) is 0 Å². The molecule has 184 valence electrons. The molecule has 32 heavy (non-hydrogen) atoms. The standard InChI is InChI=1S/C12H18BrNO.C8H13N.C4H6Br2O.CH4/c1-12(2,13)11(15)14-7-10-6-8-3-4-9(10)5-8;9-5-8-4-6-1-2-7(8)3-6;1-4(2,6)3(5)7;/h3-4,8-10H,5-7H2,1-2H3,(H,14,15);1-2,6-8H,3-5,9H2;1-2H3;1H4. The van der Waals surface area contributed by atoms with Gasteiger partial charge in [-0.15, -0.1) is 0 Å². The molecule has 4 aliphatic rings. The summed E-state index contributed by atoms with van der Waals surface area (Å²) < 4.78 is -0.881. The molecule has 2 fully saturated rings. The van der Waals surface area contributed by atoms with Crippen LogP contribution in [-0.2, 0) is 9.59 Å². The van der Waals surface area contributed by atoms with Crippen LogP contribution >= 0.6 is 47.8 Å². The van der Waals surface area contributed by atoms with Crippen molar-refractivity contribution in [1.29, 1.82) is 0 Å². The Morgan fingerprint density at radius 3 is 1.56 bits per heavy atom.